The molecular weight excluding hydrogens is 502 g/mol. The minimum absolute atomic E-state index is 0.594. The molecule has 3 aliphatic heterocycles. The highest BCUT2D eigenvalue weighted by molar-refractivity contribution is 5.97. The summed E-state index contributed by atoms with van der Waals surface area (Å²) in [5.74, 6) is 3.03. The van der Waals surface area contributed by atoms with E-state index in [0.29, 0.717) is 0 Å². The van der Waals surface area contributed by atoms with Crippen LogP contribution in [0.5, 0.6) is 11.5 Å². The van der Waals surface area contributed by atoms with Crippen molar-refractivity contribution in [3.05, 3.63) is 143 Å². The van der Waals surface area contributed by atoms with E-state index in [1.165, 1.54) is 50.4 Å². The Kier molecular flexibility index (Phi) is 3.74. The van der Waals surface area contributed by atoms with Crippen LogP contribution in [0.1, 0.15) is 28.1 Å². The van der Waals surface area contributed by atoms with Crippen molar-refractivity contribution in [3.8, 4) is 34.1 Å². The molecule has 41 heavy (non-hydrogen) atoms. The Bertz CT molecular complexity index is 2260. The maximum atomic E-state index is 6.91. The van der Waals surface area contributed by atoms with E-state index in [1.807, 2.05) is 0 Å². The molecule has 3 aliphatic rings. The molecule has 0 radical (unpaired) electrons. The SMILES string of the molecule is Cc1cc(C)cc(-n2c3[n+]4c5c(cccc52)Oc2c-4c(cc4ccccc24)C32c3ccccc3-c3cccc[n+]32)c1. The van der Waals surface area contributed by atoms with Crippen molar-refractivity contribution in [2.45, 2.75) is 19.4 Å². The molecule has 4 nitrogen and oxygen atoms in total. The van der Waals surface area contributed by atoms with E-state index >= 15 is 0 Å². The van der Waals surface area contributed by atoms with E-state index in [2.05, 4.69) is 143 Å². The van der Waals surface area contributed by atoms with Crippen LogP contribution in [0.2, 0.25) is 0 Å². The largest absolute Gasteiger partial charge is 0.448 e. The van der Waals surface area contributed by atoms with Crippen LogP contribution in [0.15, 0.2) is 115 Å². The molecule has 5 aromatic carbocycles. The fourth-order valence-electron chi connectivity index (χ4n) is 7.95. The lowest BCUT2D eigenvalue weighted by atomic mass is 9.82. The van der Waals surface area contributed by atoms with Crippen LogP contribution in [0, 0.1) is 13.8 Å². The van der Waals surface area contributed by atoms with Crippen molar-refractivity contribution < 1.29 is 13.9 Å². The number of nitrogens with zero attached hydrogens (tertiary/aromatic N) is 3. The molecule has 192 valence electrons. The van der Waals surface area contributed by atoms with Crippen LogP contribution in [-0.2, 0) is 5.54 Å². The van der Waals surface area contributed by atoms with E-state index in [1.54, 1.807) is 0 Å². The molecule has 1 atom stereocenters. The van der Waals surface area contributed by atoms with Crippen LogP contribution in [-0.4, -0.2) is 4.57 Å². The molecule has 2 aromatic heterocycles. The minimum atomic E-state index is -0.594. The maximum absolute atomic E-state index is 6.91. The van der Waals surface area contributed by atoms with E-state index in [9.17, 15) is 0 Å². The van der Waals surface area contributed by atoms with E-state index in [4.69, 9.17) is 4.74 Å². The van der Waals surface area contributed by atoms with Gasteiger partial charge in [0, 0.05) is 17.5 Å². The average molecular weight is 528 g/mol. The first-order valence-electron chi connectivity index (χ1n) is 14.2. The first-order valence-corrected chi connectivity index (χ1v) is 14.2. The predicted octanol–water partition coefficient (Wildman–Crippen LogP) is 7.20. The van der Waals surface area contributed by atoms with E-state index in [-0.39, 0.29) is 0 Å². The molecule has 0 amide bonds. The van der Waals surface area contributed by atoms with Gasteiger partial charge in [0.25, 0.3) is 0 Å². The number of ether oxygens (including phenoxy) is 1. The van der Waals surface area contributed by atoms with Crippen molar-refractivity contribution in [2.24, 2.45) is 0 Å². The zero-order valence-electron chi connectivity index (χ0n) is 22.7. The van der Waals surface area contributed by atoms with Gasteiger partial charge >= 0.3 is 11.4 Å². The topological polar surface area (TPSA) is 21.9 Å². The number of rotatable bonds is 1. The summed E-state index contributed by atoms with van der Waals surface area (Å²) in [6.07, 6.45) is 2.26. The molecular formula is C37H25N3O+2. The number of aromatic nitrogens is 3. The lowest BCUT2D eigenvalue weighted by Gasteiger charge is -2.21. The number of fused-ring (bicyclic) bond motifs is 9. The normalized spacial score (nSPS) is 16.8. The van der Waals surface area contributed by atoms with E-state index in [0.717, 1.165) is 33.6 Å². The molecule has 0 aliphatic carbocycles. The third-order valence-corrected chi connectivity index (χ3v) is 9.27. The summed E-state index contributed by atoms with van der Waals surface area (Å²) in [5, 5.41) is 2.32. The van der Waals surface area contributed by atoms with Crippen LogP contribution < -0.4 is 13.9 Å². The zero-order valence-corrected chi connectivity index (χ0v) is 22.7. The molecule has 0 fully saturated rings. The molecule has 0 bridgehead atoms. The van der Waals surface area contributed by atoms with Crippen molar-refractivity contribution >= 4 is 21.8 Å². The van der Waals surface area contributed by atoms with Crippen LogP contribution in [0.4, 0.5) is 0 Å². The Hall–Kier alpha value is -5.22. The van der Waals surface area contributed by atoms with Crippen molar-refractivity contribution in [3.63, 3.8) is 0 Å². The Morgan fingerprint density at radius 3 is 2.44 bits per heavy atom. The molecule has 7 aromatic rings. The minimum Gasteiger partial charge on any atom is -0.448 e. The second kappa shape index (κ2) is 7.10. The molecule has 0 saturated carbocycles. The van der Waals surface area contributed by atoms with Gasteiger partial charge in [-0.3, -0.25) is 0 Å². The van der Waals surface area contributed by atoms with Gasteiger partial charge in [-0.05, 0) is 72.8 Å². The maximum Gasteiger partial charge on any atom is 0.352 e. The number of hydrogen-bond acceptors (Lipinski definition) is 1. The second-order valence-corrected chi connectivity index (χ2v) is 11.6. The summed E-state index contributed by atoms with van der Waals surface area (Å²) < 4.78 is 14.4. The fraction of sp³-hybridized carbons (Fsp3) is 0.0811. The Morgan fingerprint density at radius 2 is 1.54 bits per heavy atom. The van der Waals surface area contributed by atoms with E-state index < -0.39 is 5.54 Å². The van der Waals surface area contributed by atoms with Gasteiger partial charge in [-0.2, -0.15) is 13.7 Å². The van der Waals surface area contributed by atoms with Crippen molar-refractivity contribution in [1.29, 1.82) is 0 Å². The molecule has 0 saturated heterocycles. The molecule has 1 spiro atoms. The number of aryl methyl sites for hydroxylation is 2. The highest BCUT2D eigenvalue weighted by Crippen LogP contribution is 2.56. The van der Waals surface area contributed by atoms with Gasteiger partial charge in [-0.1, -0.05) is 54.6 Å². The van der Waals surface area contributed by atoms with Gasteiger partial charge in [0.05, 0.1) is 16.7 Å². The smallest absolute Gasteiger partial charge is 0.352 e. The first-order chi connectivity index (χ1) is 20.2. The summed E-state index contributed by atoms with van der Waals surface area (Å²) in [6.45, 7) is 4.37. The number of imidazole rings is 1. The Morgan fingerprint density at radius 1 is 0.732 bits per heavy atom. The van der Waals surface area contributed by atoms with Crippen molar-refractivity contribution in [2.75, 3.05) is 0 Å². The number of para-hydroxylation sites is 1. The van der Waals surface area contributed by atoms with Crippen molar-refractivity contribution in [1.82, 2.24) is 4.57 Å². The summed E-state index contributed by atoms with van der Waals surface area (Å²) in [4.78, 5) is 0. The summed E-state index contributed by atoms with van der Waals surface area (Å²) in [5.41, 5.74) is 11.5. The lowest BCUT2D eigenvalue weighted by Crippen LogP contribution is -2.57. The Balaban J connectivity index is 1.52. The quantitative estimate of drug-likeness (QED) is 0.207. The third kappa shape index (κ3) is 2.36. The van der Waals surface area contributed by atoms with Crippen LogP contribution >= 0.6 is 0 Å². The fourth-order valence-corrected chi connectivity index (χ4v) is 7.95. The van der Waals surface area contributed by atoms with Gasteiger partial charge in [0.2, 0.25) is 11.2 Å². The van der Waals surface area contributed by atoms with Gasteiger partial charge in [0.1, 0.15) is 5.69 Å². The summed E-state index contributed by atoms with van der Waals surface area (Å²) in [7, 11) is 0. The number of pyridine rings is 1. The number of hydrogen-bond donors (Lipinski definition) is 0. The molecule has 1 unspecified atom stereocenters. The Labute approximate surface area is 236 Å². The lowest BCUT2D eigenvalue weighted by molar-refractivity contribution is -0.733. The van der Waals surface area contributed by atoms with Gasteiger partial charge in [-0.25, -0.2) is 0 Å². The van der Waals surface area contributed by atoms with Gasteiger partial charge in [-0.15, -0.1) is 0 Å². The van der Waals surface area contributed by atoms with Crippen LogP contribution in [0.25, 0.3) is 44.4 Å². The van der Waals surface area contributed by atoms with Gasteiger partial charge < -0.3 is 4.74 Å². The second-order valence-electron chi connectivity index (χ2n) is 11.6. The molecule has 4 heteroatoms. The first kappa shape index (κ1) is 21.6. The summed E-state index contributed by atoms with van der Waals surface area (Å²) >= 11 is 0. The molecule has 10 rings (SSSR count). The molecule has 5 heterocycles. The zero-order chi connectivity index (χ0) is 27.0. The average Bonchev–Trinajstić information content (AvgIpc) is 3.59. The standard InChI is InChI=1S/C37H25N3O/c1-22-18-23(2)20-25(19-22)39-31-15-9-16-32-34(31)40-33-29(21-24-10-3-4-11-26(24)35(33)41-32)37(36(39)40)28-13-6-5-12-27(28)30-14-7-8-17-38(30)37/h3-21H,1-2H3/q+2. The highest BCUT2D eigenvalue weighted by Gasteiger charge is 2.69. The van der Waals surface area contributed by atoms with Crippen LogP contribution in [0.3, 0.4) is 0 Å². The predicted molar refractivity (Wildman–Crippen MR) is 159 cm³/mol. The third-order valence-electron chi connectivity index (χ3n) is 9.27. The highest BCUT2D eigenvalue weighted by atomic mass is 16.5. The van der Waals surface area contributed by atoms with Gasteiger partial charge in [0.15, 0.2) is 28.9 Å². The molecule has 0 N–H and O–H groups in total. The summed E-state index contributed by atoms with van der Waals surface area (Å²) in [6, 6.07) is 39.9. The number of benzene rings is 5. The monoisotopic (exact) mass is 527 g/mol.